The molecule has 0 unspecified atom stereocenters. The van der Waals surface area contributed by atoms with E-state index in [0.717, 1.165) is 19.4 Å². The highest BCUT2D eigenvalue weighted by molar-refractivity contribution is 5.32. The van der Waals surface area contributed by atoms with Gasteiger partial charge in [-0.15, -0.1) is 0 Å². The lowest BCUT2D eigenvalue weighted by Gasteiger charge is -2.18. The second-order valence-electron chi connectivity index (χ2n) is 5.26. The first-order valence-electron chi connectivity index (χ1n) is 7.41. The molecule has 0 saturated carbocycles. The van der Waals surface area contributed by atoms with Crippen LogP contribution in [0.25, 0.3) is 0 Å². The van der Waals surface area contributed by atoms with Crippen molar-refractivity contribution in [3.05, 3.63) is 90.5 Å². The summed E-state index contributed by atoms with van der Waals surface area (Å²) in [4.78, 5) is 3.97. The lowest BCUT2D eigenvalue weighted by atomic mass is 9.87. The highest BCUT2D eigenvalue weighted by atomic mass is 15.0. The van der Waals surface area contributed by atoms with Gasteiger partial charge in [0.15, 0.2) is 0 Å². The maximum absolute atomic E-state index is 3.97. The fraction of sp³-hybridized carbons (Fsp3) is 0.211. The molecule has 2 heteroatoms. The third-order valence-corrected chi connectivity index (χ3v) is 3.82. The SMILES string of the molecule is [c]1cn(CCCC(c2ccccc2)c2ccccc2)cn1. The van der Waals surface area contributed by atoms with Gasteiger partial charge in [0, 0.05) is 18.7 Å². The molecule has 0 fully saturated rings. The molecule has 3 rings (SSSR count). The molecule has 3 aromatic rings. The molecule has 0 spiro atoms. The van der Waals surface area contributed by atoms with Gasteiger partial charge in [-0.25, -0.2) is 4.98 Å². The summed E-state index contributed by atoms with van der Waals surface area (Å²) in [6.45, 7) is 0.993. The summed E-state index contributed by atoms with van der Waals surface area (Å²) in [5, 5.41) is 0. The Labute approximate surface area is 126 Å². The largest absolute Gasteiger partial charge is 0.337 e. The van der Waals surface area contributed by atoms with Crippen LogP contribution in [0.1, 0.15) is 29.9 Å². The van der Waals surface area contributed by atoms with E-state index in [2.05, 4.69) is 76.4 Å². The smallest absolute Gasteiger partial charge is 0.108 e. The first-order valence-corrected chi connectivity index (χ1v) is 7.41. The minimum atomic E-state index is 0.458. The normalized spacial score (nSPS) is 10.9. The van der Waals surface area contributed by atoms with Gasteiger partial charge in [0.25, 0.3) is 0 Å². The van der Waals surface area contributed by atoms with Crippen LogP contribution in [0.3, 0.4) is 0 Å². The zero-order valence-electron chi connectivity index (χ0n) is 12.0. The van der Waals surface area contributed by atoms with Crippen molar-refractivity contribution < 1.29 is 0 Å². The van der Waals surface area contributed by atoms with Crippen LogP contribution in [0.4, 0.5) is 0 Å². The van der Waals surface area contributed by atoms with E-state index in [-0.39, 0.29) is 0 Å². The molecule has 105 valence electrons. The van der Waals surface area contributed by atoms with Gasteiger partial charge in [0.2, 0.25) is 0 Å². The maximum Gasteiger partial charge on any atom is 0.108 e. The van der Waals surface area contributed by atoms with Crippen LogP contribution in [0.5, 0.6) is 0 Å². The summed E-state index contributed by atoms with van der Waals surface area (Å²) in [6.07, 6.45) is 8.84. The summed E-state index contributed by atoms with van der Waals surface area (Å²) < 4.78 is 2.09. The monoisotopic (exact) mass is 275 g/mol. The molecule has 1 radical (unpaired) electrons. The summed E-state index contributed by atoms with van der Waals surface area (Å²) in [5.41, 5.74) is 2.78. The second kappa shape index (κ2) is 6.89. The van der Waals surface area contributed by atoms with Crippen molar-refractivity contribution in [1.82, 2.24) is 9.55 Å². The van der Waals surface area contributed by atoms with Crippen LogP contribution in [0.2, 0.25) is 0 Å². The zero-order valence-corrected chi connectivity index (χ0v) is 12.0. The van der Waals surface area contributed by atoms with Crippen LogP contribution in [0, 0.1) is 6.20 Å². The molecule has 0 amide bonds. The maximum atomic E-state index is 3.97. The van der Waals surface area contributed by atoms with E-state index in [1.807, 2.05) is 12.5 Å². The molecule has 2 nitrogen and oxygen atoms in total. The van der Waals surface area contributed by atoms with Crippen molar-refractivity contribution in [1.29, 1.82) is 0 Å². The number of rotatable bonds is 6. The number of nitrogens with zero attached hydrogens (tertiary/aromatic N) is 2. The van der Waals surface area contributed by atoms with Gasteiger partial charge in [-0.05, 0) is 24.0 Å². The van der Waals surface area contributed by atoms with Gasteiger partial charge < -0.3 is 4.57 Å². The van der Waals surface area contributed by atoms with Crippen molar-refractivity contribution in [2.75, 3.05) is 0 Å². The van der Waals surface area contributed by atoms with Crippen molar-refractivity contribution in [3.8, 4) is 0 Å². The molecule has 1 aromatic heterocycles. The average Bonchev–Trinajstić information content (AvgIpc) is 3.07. The molecule has 21 heavy (non-hydrogen) atoms. The summed E-state index contributed by atoms with van der Waals surface area (Å²) >= 11 is 0. The quantitative estimate of drug-likeness (QED) is 0.656. The average molecular weight is 275 g/mol. The first kappa shape index (κ1) is 13.6. The molecular formula is C19H19N2. The Bertz CT molecular complexity index is 590. The highest BCUT2D eigenvalue weighted by Crippen LogP contribution is 2.29. The molecule has 0 saturated heterocycles. The van der Waals surface area contributed by atoms with Crippen molar-refractivity contribution in [2.45, 2.75) is 25.3 Å². The summed E-state index contributed by atoms with van der Waals surface area (Å²) in [7, 11) is 0. The van der Waals surface area contributed by atoms with Gasteiger partial charge in [0.05, 0.1) is 6.33 Å². The summed E-state index contributed by atoms with van der Waals surface area (Å²) in [6, 6.07) is 21.5. The molecule has 2 aromatic carbocycles. The minimum Gasteiger partial charge on any atom is -0.337 e. The number of hydrogen-bond donors (Lipinski definition) is 0. The number of imidazole rings is 1. The van der Waals surface area contributed by atoms with E-state index in [0.29, 0.717) is 5.92 Å². The van der Waals surface area contributed by atoms with Crippen LogP contribution in [-0.2, 0) is 6.54 Å². The van der Waals surface area contributed by atoms with E-state index in [4.69, 9.17) is 0 Å². The van der Waals surface area contributed by atoms with Crippen LogP contribution in [0.15, 0.2) is 73.2 Å². The molecule has 0 atom stereocenters. The number of benzene rings is 2. The van der Waals surface area contributed by atoms with E-state index in [1.54, 1.807) is 0 Å². The Morgan fingerprint density at radius 3 is 2.05 bits per heavy atom. The van der Waals surface area contributed by atoms with Gasteiger partial charge in [-0.3, -0.25) is 0 Å². The standard InChI is InChI=1S/C19H19N2/c1-3-8-17(9-4-1)19(18-10-5-2-6-11-18)12-7-14-21-15-13-20-16-21/h1-6,8-11,15-16,19H,7,12,14H2. The highest BCUT2D eigenvalue weighted by Gasteiger charge is 2.13. The van der Waals surface area contributed by atoms with Crippen LogP contribution in [-0.4, -0.2) is 9.55 Å². The molecule has 1 heterocycles. The summed E-state index contributed by atoms with van der Waals surface area (Å²) in [5.74, 6) is 0.458. The Balaban J connectivity index is 1.73. The fourth-order valence-electron chi connectivity index (χ4n) is 2.75. The van der Waals surface area contributed by atoms with Gasteiger partial charge in [-0.2, -0.15) is 0 Å². The molecule has 0 N–H and O–H groups in total. The van der Waals surface area contributed by atoms with Crippen molar-refractivity contribution >= 4 is 0 Å². The third kappa shape index (κ3) is 3.60. The molecule has 0 aliphatic carbocycles. The number of aromatic nitrogens is 2. The fourth-order valence-corrected chi connectivity index (χ4v) is 2.75. The van der Waals surface area contributed by atoms with E-state index in [1.165, 1.54) is 11.1 Å². The van der Waals surface area contributed by atoms with E-state index in [9.17, 15) is 0 Å². The Kier molecular flexibility index (Phi) is 4.47. The predicted octanol–water partition coefficient (Wildman–Crippen LogP) is 4.30. The molecule has 0 aliphatic rings. The van der Waals surface area contributed by atoms with Crippen LogP contribution < -0.4 is 0 Å². The van der Waals surface area contributed by atoms with Crippen LogP contribution >= 0.6 is 0 Å². The Hall–Kier alpha value is -2.35. The van der Waals surface area contributed by atoms with Crippen molar-refractivity contribution in [3.63, 3.8) is 0 Å². The van der Waals surface area contributed by atoms with Crippen molar-refractivity contribution in [2.24, 2.45) is 0 Å². The number of aryl methyl sites for hydroxylation is 1. The zero-order chi connectivity index (χ0) is 14.3. The Morgan fingerprint density at radius 2 is 1.52 bits per heavy atom. The topological polar surface area (TPSA) is 17.8 Å². The molecule has 0 aliphatic heterocycles. The minimum absolute atomic E-state index is 0.458. The van der Waals surface area contributed by atoms with Gasteiger partial charge >= 0.3 is 0 Å². The molecule has 0 bridgehead atoms. The van der Waals surface area contributed by atoms with Gasteiger partial charge in [0.1, 0.15) is 6.20 Å². The lowest BCUT2D eigenvalue weighted by molar-refractivity contribution is 0.576. The molecular weight excluding hydrogens is 256 g/mol. The van der Waals surface area contributed by atoms with E-state index >= 15 is 0 Å². The van der Waals surface area contributed by atoms with E-state index < -0.39 is 0 Å². The second-order valence-corrected chi connectivity index (χ2v) is 5.26. The van der Waals surface area contributed by atoms with Gasteiger partial charge in [-0.1, -0.05) is 60.7 Å². The lowest BCUT2D eigenvalue weighted by Crippen LogP contribution is -2.03. The number of hydrogen-bond acceptors (Lipinski definition) is 1. The predicted molar refractivity (Wildman–Crippen MR) is 85.0 cm³/mol. The first-order chi connectivity index (χ1) is 10.4. The third-order valence-electron chi connectivity index (χ3n) is 3.82. The Morgan fingerprint density at radius 1 is 0.905 bits per heavy atom.